The summed E-state index contributed by atoms with van der Waals surface area (Å²) in [4.78, 5) is 11.7. The summed E-state index contributed by atoms with van der Waals surface area (Å²) < 4.78 is 10.9. The normalized spacial score (nSPS) is 24.3. The molecule has 0 saturated carbocycles. The number of aliphatic hydroxyl groups is 5. The lowest BCUT2D eigenvalue weighted by Gasteiger charge is -2.40. The fraction of sp³-hybridized carbons (Fsp3) is 0.969. The number of nitrogens with one attached hydrogen (secondary N) is 1. The number of hydrogen-bond donors (Lipinski definition) is 6. The zero-order chi connectivity index (χ0) is 30.3. The lowest BCUT2D eigenvalue weighted by molar-refractivity contribution is -0.302. The zero-order valence-electron chi connectivity index (χ0n) is 26.1. The van der Waals surface area contributed by atoms with Gasteiger partial charge in [-0.1, -0.05) is 129 Å². The van der Waals surface area contributed by atoms with E-state index in [1.807, 2.05) is 0 Å². The summed E-state index contributed by atoms with van der Waals surface area (Å²) in [5, 5.41) is 52.6. The van der Waals surface area contributed by atoms with E-state index in [1.54, 1.807) is 0 Å². The van der Waals surface area contributed by atoms with Gasteiger partial charge in [-0.25, -0.2) is 0 Å². The molecular formula is C32H63NO8. The van der Waals surface area contributed by atoms with Crippen LogP contribution in [0.15, 0.2) is 0 Å². The van der Waals surface area contributed by atoms with Gasteiger partial charge in [-0.3, -0.25) is 4.79 Å². The Labute approximate surface area is 249 Å². The van der Waals surface area contributed by atoms with Gasteiger partial charge in [0, 0.05) is 6.92 Å². The number of amides is 1. The van der Waals surface area contributed by atoms with E-state index in [0.29, 0.717) is 6.42 Å². The quantitative estimate of drug-likeness (QED) is 0.0809. The minimum absolute atomic E-state index is 0.150. The van der Waals surface area contributed by atoms with Gasteiger partial charge >= 0.3 is 0 Å². The fourth-order valence-corrected chi connectivity index (χ4v) is 5.55. The van der Waals surface area contributed by atoms with Gasteiger partial charge < -0.3 is 40.3 Å². The van der Waals surface area contributed by atoms with Crippen molar-refractivity contribution < 1.29 is 39.8 Å². The Morgan fingerprint density at radius 2 is 1.17 bits per heavy atom. The molecule has 7 atom stereocenters. The topological polar surface area (TPSA) is 149 Å². The number of ether oxygens (including phenoxy) is 2. The van der Waals surface area contributed by atoms with Crippen molar-refractivity contribution in [2.75, 3.05) is 13.2 Å². The zero-order valence-corrected chi connectivity index (χ0v) is 26.1. The molecule has 1 saturated heterocycles. The summed E-state index contributed by atoms with van der Waals surface area (Å²) in [5.41, 5.74) is 0. The van der Waals surface area contributed by atoms with Crippen molar-refractivity contribution in [2.45, 2.75) is 185 Å². The largest absolute Gasteiger partial charge is 0.394 e. The van der Waals surface area contributed by atoms with Gasteiger partial charge in [-0.05, 0) is 6.42 Å². The first-order chi connectivity index (χ1) is 19.8. The van der Waals surface area contributed by atoms with Crippen molar-refractivity contribution in [1.29, 1.82) is 0 Å². The Bertz CT molecular complexity index is 623. The lowest BCUT2D eigenvalue weighted by Crippen LogP contribution is -2.60. The van der Waals surface area contributed by atoms with E-state index in [2.05, 4.69) is 12.2 Å². The first kappa shape index (κ1) is 38.2. The molecule has 1 fully saturated rings. The Balaban J connectivity index is 2.07. The van der Waals surface area contributed by atoms with E-state index in [9.17, 15) is 30.3 Å². The van der Waals surface area contributed by atoms with Crippen molar-refractivity contribution in [2.24, 2.45) is 0 Å². The maximum Gasteiger partial charge on any atom is 0.217 e. The third-order valence-electron chi connectivity index (χ3n) is 8.25. The molecule has 0 aliphatic carbocycles. The minimum Gasteiger partial charge on any atom is -0.394 e. The highest BCUT2D eigenvalue weighted by atomic mass is 16.7. The minimum atomic E-state index is -1.54. The molecule has 7 unspecified atom stereocenters. The number of carbonyl (C=O) groups excluding carboxylic acids is 1. The third-order valence-corrected chi connectivity index (χ3v) is 8.25. The summed E-state index contributed by atoms with van der Waals surface area (Å²) in [6.45, 7) is 2.92. The standard InChI is InChI=1S/C32H63NO8/c1-3-4-5-6-7-8-9-10-11-12-13-14-15-16-17-18-19-20-21-22-27(36)26(33-25(2)35)24-40-32-31(39)30(38)29(37)28(23-34)41-32/h26-32,34,36-39H,3-24H2,1-2H3,(H,33,35). The molecule has 6 N–H and O–H groups in total. The van der Waals surface area contributed by atoms with Crippen LogP contribution in [0.3, 0.4) is 0 Å². The number of rotatable bonds is 26. The second kappa shape index (κ2) is 24.6. The molecule has 1 rings (SSSR count). The van der Waals surface area contributed by atoms with Gasteiger partial charge in [-0.2, -0.15) is 0 Å². The molecule has 1 aliphatic heterocycles. The lowest BCUT2D eigenvalue weighted by atomic mass is 9.99. The van der Waals surface area contributed by atoms with Gasteiger partial charge in [0.2, 0.25) is 5.91 Å². The van der Waals surface area contributed by atoms with Crippen LogP contribution in [0.5, 0.6) is 0 Å². The average Bonchev–Trinajstić information content (AvgIpc) is 2.95. The van der Waals surface area contributed by atoms with Crippen LogP contribution in [0.4, 0.5) is 0 Å². The molecular weight excluding hydrogens is 526 g/mol. The first-order valence-electron chi connectivity index (χ1n) is 16.7. The number of unbranched alkanes of at least 4 members (excludes halogenated alkanes) is 18. The summed E-state index contributed by atoms with van der Waals surface area (Å²) in [6, 6.07) is -0.713. The van der Waals surface area contributed by atoms with Crippen LogP contribution in [0.2, 0.25) is 0 Å². The molecule has 9 heteroatoms. The molecule has 0 aromatic rings. The summed E-state index contributed by atoms with van der Waals surface area (Å²) in [5.74, 6) is -0.320. The molecule has 0 aromatic carbocycles. The summed E-state index contributed by atoms with van der Waals surface area (Å²) in [6.07, 6.45) is 17.5. The molecule has 9 nitrogen and oxygen atoms in total. The fourth-order valence-electron chi connectivity index (χ4n) is 5.55. The van der Waals surface area contributed by atoms with E-state index in [-0.39, 0.29) is 12.5 Å². The smallest absolute Gasteiger partial charge is 0.217 e. The molecule has 0 aromatic heterocycles. The van der Waals surface area contributed by atoms with Gasteiger partial charge in [0.15, 0.2) is 6.29 Å². The SMILES string of the molecule is CCCCCCCCCCCCCCCCCCCCCC(O)C(COC1OC(CO)C(O)C(O)C1O)NC(C)=O. The van der Waals surface area contributed by atoms with E-state index in [4.69, 9.17) is 9.47 Å². The number of aliphatic hydroxyl groups excluding tert-OH is 5. The van der Waals surface area contributed by atoms with Gasteiger partial charge in [0.05, 0.1) is 25.4 Å². The molecule has 1 heterocycles. The van der Waals surface area contributed by atoms with Crippen molar-refractivity contribution in [1.82, 2.24) is 5.32 Å². The predicted octanol–water partition coefficient (Wildman–Crippen LogP) is 4.49. The van der Waals surface area contributed by atoms with Crippen LogP contribution < -0.4 is 5.32 Å². The Morgan fingerprint density at radius 3 is 1.59 bits per heavy atom. The van der Waals surface area contributed by atoms with Crippen molar-refractivity contribution in [3.63, 3.8) is 0 Å². The van der Waals surface area contributed by atoms with Crippen LogP contribution in [0.25, 0.3) is 0 Å². The highest BCUT2D eigenvalue weighted by Gasteiger charge is 2.44. The molecule has 0 spiro atoms. The van der Waals surface area contributed by atoms with Crippen LogP contribution in [-0.4, -0.2) is 87.5 Å². The van der Waals surface area contributed by atoms with E-state index >= 15 is 0 Å². The summed E-state index contributed by atoms with van der Waals surface area (Å²) >= 11 is 0. The van der Waals surface area contributed by atoms with Crippen molar-refractivity contribution in [3.8, 4) is 0 Å². The van der Waals surface area contributed by atoms with E-state index in [0.717, 1.165) is 19.3 Å². The Morgan fingerprint density at radius 1 is 0.732 bits per heavy atom. The second-order valence-corrected chi connectivity index (χ2v) is 12.1. The Kier molecular flexibility index (Phi) is 22.9. The number of hydrogen-bond acceptors (Lipinski definition) is 8. The highest BCUT2D eigenvalue weighted by molar-refractivity contribution is 5.73. The van der Waals surface area contributed by atoms with Crippen LogP contribution >= 0.6 is 0 Å². The molecule has 1 aliphatic rings. The van der Waals surface area contributed by atoms with Crippen molar-refractivity contribution >= 4 is 5.91 Å². The molecule has 1 amide bonds. The summed E-state index contributed by atoms with van der Waals surface area (Å²) in [7, 11) is 0. The van der Waals surface area contributed by atoms with E-state index < -0.39 is 49.5 Å². The molecule has 41 heavy (non-hydrogen) atoms. The van der Waals surface area contributed by atoms with Crippen LogP contribution in [0, 0.1) is 0 Å². The monoisotopic (exact) mass is 589 g/mol. The average molecular weight is 590 g/mol. The maximum atomic E-state index is 11.7. The number of carbonyl (C=O) groups is 1. The van der Waals surface area contributed by atoms with Gasteiger partial charge in [-0.15, -0.1) is 0 Å². The maximum absolute atomic E-state index is 11.7. The van der Waals surface area contributed by atoms with Crippen LogP contribution in [0.1, 0.15) is 142 Å². The highest BCUT2D eigenvalue weighted by Crippen LogP contribution is 2.22. The molecule has 244 valence electrons. The first-order valence-corrected chi connectivity index (χ1v) is 16.7. The van der Waals surface area contributed by atoms with E-state index in [1.165, 1.54) is 110 Å². The Hall–Kier alpha value is -0.810. The van der Waals surface area contributed by atoms with Gasteiger partial charge in [0.1, 0.15) is 24.4 Å². The van der Waals surface area contributed by atoms with Crippen molar-refractivity contribution in [3.05, 3.63) is 0 Å². The predicted molar refractivity (Wildman–Crippen MR) is 161 cm³/mol. The van der Waals surface area contributed by atoms with Gasteiger partial charge in [0.25, 0.3) is 0 Å². The van der Waals surface area contributed by atoms with Crippen LogP contribution in [-0.2, 0) is 14.3 Å². The third kappa shape index (κ3) is 17.8. The molecule has 0 radical (unpaired) electrons. The second-order valence-electron chi connectivity index (χ2n) is 12.1. The molecule has 0 bridgehead atoms.